The second kappa shape index (κ2) is 5.26. The molecule has 0 aromatic carbocycles. The van der Waals surface area contributed by atoms with Gasteiger partial charge in [0.1, 0.15) is 0 Å². The molecule has 0 aromatic rings. The Morgan fingerprint density at radius 3 is 2.26 bits per heavy atom. The molecule has 0 radical (unpaired) electrons. The van der Waals surface area contributed by atoms with E-state index in [1.165, 1.54) is 17.6 Å². The molecule has 0 saturated carbocycles. The molecule has 0 fully saturated rings. The van der Waals surface area contributed by atoms with Gasteiger partial charge in [0.25, 0.3) is 0 Å². The molecule has 1 aliphatic carbocycles. The maximum Gasteiger partial charge on any atom is 0.152 e. The summed E-state index contributed by atoms with van der Waals surface area (Å²) in [5.74, 6) is 1.36. The lowest BCUT2D eigenvalue weighted by atomic mass is 9.58. The highest BCUT2D eigenvalue weighted by Crippen LogP contribution is 2.51. The molecule has 0 N–H and O–H groups in total. The zero-order chi connectivity index (χ0) is 15.0. The molecule has 108 valence electrons. The van der Waals surface area contributed by atoms with E-state index in [4.69, 9.17) is 0 Å². The minimum Gasteiger partial charge on any atom is -0.295 e. The van der Waals surface area contributed by atoms with Crippen molar-refractivity contribution in [1.82, 2.24) is 0 Å². The summed E-state index contributed by atoms with van der Waals surface area (Å²) in [6, 6.07) is 0. The van der Waals surface area contributed by atoms with E-state index in [1.807, 2.05) is 0 Å². The van der Waals surface area contributed by atoms with Gasteiger partial charge in [-0.2, -0.15) is 0 Å². The number of allylic oxidation sites excluding steroid dienone is 4. The van der Waals surface area contributed by atoms with E-state index in [9.17, 15) is 4.79 Å². The fraction of sp³-hybridized carbons (Fsp3) is 0.722. The van der Waals surface area contributed by atoms with Crippen LogP contribution in [0.1, 0.15) is 61.8 Å². The summed E-state index contributed by atoms with van der Waals surface area (Å²) in [5.41, 5.74) is 3.26. The van der Waals surface area contributed by atoms with Gasteiger partial charge in [-0.05, 0) is 54.6 Å². The Kier molecular flexibility index (Phi) is 4.49. The molecule has 0 heterocycles. The molecule has 0 bridgehead atoms. The van der Waals surface area contributed by atoms with E-state index in [2.05, 4.69) is 54.5 Å². The summed E-state index contributed by atoms with van der Waals surface area (Å²) in [6.45, 7) is 17.8. The van der Waals surface area contributed by atoms with Crippen molar-refractivity contribution in [3.8, 4) is 0 Å². The highest BCUT2D eigenvalue weighted by Gasteiger charge is 2.41. The van der Waals surface area contributed by atoms with Crippen molar-refractivity contribution in [2.45, 2.75) is 61.8 Å². The Hall–Kier alpha value is -0.850. The SMILES string of the molecule is CC(=O)/C=C/C1=C(C)C(C(C)(C)C)CC(C)C1(C)C. The molecule has 0 spiro atoms. The first kappa shape index (κ1) is 16.2. The lowest BCUT2D eigenvalue weighted by Gasteiger charge is -2.47. The highest BCUT2D eigenvalue weighted by molar-refractivity contribution is 5.87. The topological polar surface area (TPSA) is 17.1 Å². The molecule has 0 amide bonds. The normalized spacial score (nSPS) is 28.0. The van der Waals surface area contributed by atoms with Gasteiger partial charge in [-0.1, -0.05) is 53.2 Å². The molecule has 1 nitrogen and oxygen atoms in total. The van der Waals surface area contributed by atoms with Gasteiger partial charge in [0.2, 0.25) is 0 Å². The first-order chi connectivity index (χ1) is 8.48. The van der Waals surface area contributed by atoms with E-state index in [-0.39, 0.29) is 16.6 Å². The molecule has 0 saturated heterocycles. The van der Waals surface area contributed by atoms with Crippen LogP contribution in [0, 0.1) is 22.7 Å². The fourth-order valence-corrected chi connectivity index (χ4v) is 3.34. The zero-order valence-electron chi connectivity index (χ0n) is 13.9. The molecule has 2 atom stereocenters. The van der Waals surface area contributed by atoms with E-state index in [0.29, 0.717) is 11.8 Å². The number of carbonyl (C=O) groups excluding carboxylic acids is 1. The highest BCUT2D eigenvalue weighted by atomic mass is 16.1. The van der Waals surface area contributed by atoms with Crippen LogP contribution in [-0.4, -0.2) is 5.78 Å². The third-order valence-electron chi connectivity index (χ3n) is 4.99. The molecular weight excluding hydrogens is 232 g/mol. The quantitative estimate of drug-likeness (QED) is 0.627. The summed E-state index contributed by atoms with van der Waals surface area (Å²) in [6.07, 6.45) is 5.02. The lowest BCUT2D eigenvalue weighted by molar-refractivity contribution is -0.112. The minimum atomic E-state index is 0.127. The zero-order valence-corrected chi connectivity index (χ0v) is 13.9. The second-order valence-corrected chi connectivity index (χ2v) is 7.82. The third-order valence-corrected chi connectivity index (χ3v) is 4.99. The summed E-state index contributed by atoms with van der Waals surface area (Å²) in [7, 11) is 0. The molecule has 1 rings (SSSR count). The first-order valence-electron chi connectivity index (χ1n) is 7.37. The standard InChI is InChI=1S/C18H30O/c1-12-11-16(17(4,5)6)14(3)15(18(12,7)8)10-9-13(2)19/h9-10,12,16H,11H2,1-8H3/b10-9+. The van der Waals surface area contributed by atoms with Gasteiger partial charge in [-0.15, -0.1) is 0 Å². The van der Waals surface area contributed by atoms with Crippen molar-refractivity contribution in [1.29, 1.82) is 0 Å². The van der Waals surface area contributed by atoms with E-state index in [1.54, 1.807) is 13.0 Å². The largest absolute Gasteiger partial charge is 0.295 e. The van der Waals surface area contributed by atoms with Gasteiger partial charge >= 0.3 is 0 Å². The van der Waals surface area contributed by atoms with Crippen molar-refractivity contribution in [2.75, 3.05) is 0 Å². The number of hydrogen-bond donors (Lipinski definition) is 0. The van der Waals surface area contributed by atoms with E-state index in [0.717, 1.165) is 0 Å². The Labute approximate surface area is 119 Å². The summed E-state index contributed by atoms with van der Waals surface area (Å²) in [4.78, 5) is 11.3. The molecule has 1 heteroatoms. The maximum atomic E-state index is 11.3. The van der Waals surface area contributed by atoms with Crippen LogP contribution in [-0.2, 0) is 4.79 Å². The van der Waals surface area contributed by atoms with E-state index < -0.39 is 0 Å². The average Bonchev–Trinajstić information content (AvgIpc) is 2.21. The molecule has 2 unspecified atom stereocenters. The smallest absolute Gasteiger partial charge is 0.152 e. The summed E-state index contributed by atoms with van der Waals surface area (Å²) >= 11 is 0. The van der Waals surface area contributed by atoms with Crippen LogP contribution in [0.15, 0.2) is 23.3 Å². The number of ketones is 1. The number of rotatable bonds is 2. The van der Waals surface area contributed by atoms with Crippen molar-refractivity contribution in [2.24, 2.45) is 22.7 Å². The Morgan fingerprint density at radius 1 is 1.32 bits per heavy atom. The molecule has 0 aliphatic heterocycles. The Bertz CT molecular complexity index is 415. The van der Waals surface area contributed by atoms with Crippen LogP contribution in [0.25, 0.3) is 0 Å². The fourth-order valence-electron chi connectivity index (χ4n) is 3.34. The minimum absolute atomic E-state index is 0.127. The molecule has 19 heavy (non-hydrogen) atoms. The van der Waals surface area contributed by atoms with Crippen LogP contribution in [0.4, 0.5) is 0 Å². The first-order valence-corrected chi connectivity index (χ1v) is 7.37. The van der Waals surface area contributed by atoms with Gasteiger partial charge in [0.05, 0.1) is 0 Å². The van der Waals surface area contributed by atoms with Gasteiger partial charge in [0, 0.05) is 0 Å². The van der Waals surface area contributed by atoms with E-state index >= 15 is 0 Å². The van der Waals surface area contributed by atoms with Gasteiger partial charge in [-0.3, -0.25) is 4.79 Å². The second-order valence-electron chi connectivity index (χ2n) is 7.82. The number of hydrogen-bond acceptors (Lipinski definition) is 1. The lowest BCUT2D eigenvalue weighted by Crippen LogP contribution is -2.37. The molecular formula is C18H30O. The third kappa shape index (κ3) is 3.38. The summed E-state index contributed by atoms with van der Waals surface area (Å²) < 4.78 is 0. The van der Waals surface area contributed by atoms with Crippen molar-refractivity contribution in [3.63, 3.8) is 0 Å². The maximum absolute atomic E-state index is 11.3. The van der Waals surface area contributed by atoms with Crippen LogP contribution in [0.3, 0.4) is 0 Å². The van der Waals surface area contributed by atoms with Gasteiger partial charge in [0.15, 0.2) is 5.78 Å². The number of carbonyl (C=O) groups is 1. The predicted molar refractivity (Wildman–Crippen MR) is 83.0 cm³/mol. The Balaban J connectivity index is 3.33. The van der Waals surface area contributed by atoms with Crippen LogP contribution in [0.2, 0.25) is 0 Å². The van der Waals surface area contributed by atoms with Gasteiger partial charge < -0.3 is 0 Å². The van der Waals surface area contributed by atoms with Crippen LogP contribution in [0.5, 0.6) is 0 Å². The Morgan fingerprint density at radius 2 is 1.84 bits per heavy atom. The molecule has 1 aliphatic rings. The molecule has 0 aromatic heterocycles. The monoisotopic (exact) mass is 262 g/mol. The average molecular weight is 262 g/mol. The predicted octanol–water partition coefficient (Wildman–Crippen LogP) is 5.18. The summed E-state index contributed by atoms with van der Waals surface area (Å²) in [5, 5.41) is 0. The van der Waals surface area contributed by atoms with Crippen LogP contribution >= 0.6 is 0 Å². The van der Waals surface area contributed by atoms with Crippen molar-refractivity contribution < 1.29 is 4.79 Å². The van der Waals surface area contributed by atoms with Gasteiger partial charge in [-0.25, -0.2) is 0 Å². The van der Waals surface area contributed by atoms with Crippen molar-refractivity contribution in [3.05, 3.63) is 23.3 Å². The van der Waals surface area contributed by atoms with Crippen molar-refractivity contribution >= 4 is 5.78 Å². The van der Waals surface area contributed by atoms with Crippen LogP contribution < -0.4 is 0 Å².